The number of nitrogens with zero attached hydrogens (tertiary/aromatic N) is 1. The first-order valence-corrected chi connectivity index (χ1v) is 7.41. The number of benzene rings is 1. The zero-order chi connectivity index (χ0) is 14.4. The van der Waals surface area contributed by atoms with Crippen LogP contribution >= 0.6 is 12.4 Å². The van der Waals surface area contributed by atoms with Gasteiger partial charge in [0.15, 0.2) is 0 Å². The summed E-state index contributed by atoms with van der Waals surface area (Å²) in [5.74, 6) is 0.751. The number of likely N-dealkylation sites (tertiary alicyclic amines) is 1. The molecule has 0 radical (unpaired) electrons. The van der Waals surface area contributed by atoms with Crippen molar-refractivity contribution in [1.29, 1.82) is 0 Å². The molecule has 1 fully saturated rings. The molecule has 1 saturated heterocycles. The van der Waals surface area contributed by atoms with E-state index >= 15 is 0 Å². The maximum Gasteiger partial charge on any atom is 0.238 e. The summed E-state index contributed by atoms with van der Waals surface area (Å²) < 4.78 is 0. The van der Waals surface area contributed by atoms with E-state index in [1.54, 1.807) is 0 Å². The third-order valence-electron chi connectivity index (χ3n) is 3.76. The van der Waals surface area contributed by atoms with Crippen LogP contribution in [-0.2, 0) is 4.79 Å². The summed E-state index contributed by atoms with van der Waals surface area (Å²) in [5.41, 5.74) is 2.05. The fourth-order valence-corrected chi connectivity index (χ4v) is 2.88. The first kappa shape index (κ1) is 18.0. The average Bonchev–Trinajstić information content (AvgIpc) is 2.39. The Morgan fingerprint density at radius 3 is 2.95 bits per heavy atom. The van der Waals surface area contributed by atoms with E-state index in [0.717, 1.165) is 30.9 Å². The van der Waals surface area contributed by atoms with Gasteiger partial charge in [0, 0.05) is 12.2 Å². The molecule has 1 atom stereocenters. The Kier molecular flexibility index (Phi) is 7.72. The molecule has 0 saturated carbocycles. The number of piperidine rings is 1. The SMILES string of the molecule is CNCC1CCCN(CC(=O)Nc2cccc(C)c2)C1.Cl. The molecule has 118 valence electrons. The van der Waals surface area contributed by atoms with Gasteiger partial charge in [-0.3, -0.25) is 9.69 Å². The fraction of sp³-hybridized carbons (Fsp3) is 0.562. The van der Waals surface area contributed by atoms with E-state index in [1.807, 2.05) is 38.2 Å². The number of amides is 1. The molecule has 0 aliphatic carbocycles. The van der Waals surface area contributed by atoms with E-state index in [9.17, 15) is 4.79 Å². The summed E-state index contributed by atoms with van der Waals surface area (Å²) in [5, 5.41) is 6.21. The summed E-state index contributed by atoms with van der Waals surface area (Å²) >= 11 is 0. The van der Waals surface area contributed by atoms with Crippen LogP contribution in [0.1, 0.15) is 18.4 Å². The lowest BCUT2D eigenvalue weighted by atomic mass is 9.98. The second kappa shape index (κ2) is 9.03. The first-order valence-electron chi connectivity index (χ1n) is 7.41. The molecule has 1 aromatic carbocycles. The van der Waals surface area contributed by atoms with Gasteiger partial charge in [-0.1, -0.05) is 12.1 Å². The number of nitrogens with one attached hydrogen (secondary N) is 2. The predicted octanol–water partition coefficient (Wildman–Crippen LogP) is 2.29. The Morgan fingerprint density at radius 2 is 2.24 bits per heavy atom. The van der Waals surface area contributed by atoms with E-state index in [1.165, 1.54) is 12.8 Å². The van der Waals surface area contributed by atoms with Crippen molar-refractivity contribution in [2.75, 3.05) is 38.5 Å². The lowest BCUT2D eigenvalue weighted by Gasteiger charge is -2.32. The summed E-state index contributed by atoms with van der Waals surface area (Å²) in [4.78, 5) is 14.3. The molecule has 1 unspecified atom stereocenters. The Morgan fingerprint density at radius 1 is 1.43 bits per heavy atom. The van der Waals surface area contributed by atoms with Gasteiger partial charge < -0.3 is 10.6 Å². The average molecular weight is 312 g/mol. The van der Waals surface area contributed by atoms with E-state index < -0.39 is 0 Å². The normalized spacial score (nSPS) is 18.9. The van der Waals surface area contributed by atoms with Crippen molar-refractivity contribution < 1.29 is 4.79 Å². The molecular weight excluding hydrogens is 286 g/mol. The van der Waals surface area contributed by atoms with E-state index in [4.69, 9.17) is 0 Å². The molecule has 2 rings (SSSR count). The number of rotatable bonds is 5. The van der Waals surface area contributed by atoms with Crippen molar-refractivity contribution in [3.8, 4) is 0 Å². The largest absolute Gasteiger partial charge is 0.325 e. The third kappa shape index (κ3) is 6.04. The van der Waals surface area contributed by atoms with Gasteiger partial charge in [0.2, 0.25) is 5.91 Å². The maximum absolute atomic E-state index is 12.1. The molecule has 1 aromatic rings. The van der Waals surface area contributed by atoms with Gasteiger partial charge in [-0.15, -0.1) is 12.4 Å². The van der Waals surface area contributed by atoms with E-state index in [0.29, 0.717) is 12.5 Å². The minimum absolute atomic E-state index is 0. The van der Waals surface area contributed by atoms with Gasteiger partial charge in [0.05, 0.1) is 6.54 Å². The van der Waals surface area contributed by atoms with Crippen LogP contribution in [0, 0.1) is 12.8 Å². The quantitative estimate of drug-likeness (QED) is 0.877. The van der Waals surface area contributed by atoms with Gasteiger partial charge >= 0.3 is 0 Å². The van der Waals surface area contributed by atoms with Gasteiger partial charge in [-0.2, -0.15) is 0 Å². The lowest BCUT2D eigenvalue weighted by molar-refractivity contribution is -0.117. The van der Waals surface area contributed by atoms with Crippen LogP contribution in [-0.4, -0.2) is 44.0 Å². The second-order valence-electron chi connectivity index (χ2n) is 5.72. The maximum atomic E-state index is 12.1. The van der Waals surface area contributed by atoms with Crippen molar-refractivity contribution >= 4 is 24.0 Å². The number of aryl methyl sites for hydroxylation is 1. The number of anilines is 1. The molecule has 21 heavy (non-hydrogen) atoms. The summed E-state index contributed by atoms with van der Waals surface area (Å²) in [6, 6.07) is 7.93. The third-order valence-corrected chi connectivity index (χ3v) is 3.76. The highest BCUT2D eigenvalue weighted by molar-refractivity contribution is 5.92. The van der Waals surface area contributed by atoms with Gasteiger partial charge in [0.25, 0.3) is 0 Å². The molecule has 0 bridgehead atoms. The molecule has 0 spiro atoms. The van der Waals surface area contributed by atoms with Crippen molar-refractivity contribution in [2.24, 2.45) is 5.92 Å². The first-order chi connectivity index (χ1) is 9.67. The Bertz CT molecular complexity index is 451. The summed E-state index contributed by atoms with van der Waals surface area (Å²) in [7, 11) is 1.99. The van der Waals surface area contributed by atoms with E-state index in [-0.39, 0.29) is 18.3 Å². The van der Waals surface area contributed by atoms with Crippen LogP contribution in [0.3, 0.4) is 0 Å². The summed E-state index contributed by atoms with van der Waals surface area (Å²) in [6.07, 6.45) is 2.45. The minimum Gasteiger partial charge on any atom is -0.325 e. The van der Waals surface area contributed by atoms with Crippen LogP contribution in [0.15, 0.2) is 24.3 Å². The molecule has 0 aromatic heterocycles. The predicted molar refractivity (Wildman–Crippen MR) is 90.1 cm³/mol. The lowest BCUT2D eigenvalue weighted by Crippen LogP contribution is -2.42. The van der Waals surface area contributed by atoms with Crippen LogP contribution in [0.2, 0.25) is 0 Å². The number of carbonyl (C=O) groups excluding carboxylic acids is 1. The molecule has 1 amide bonds. The van der Waals surface area contributed by atoms with Crippen molar-refractivity contribution in [3.05, 3.63) is 29.8 Å². The molecular formula is C16H26ClN3O. The molecule has 1 heterocycles. The topological polar surface area (TPSA) is 44.4 Å². The zero-order valence-electron chi connectivity index (χ0n) is 12.9. The van der Waals surface area contributed by atoms with Crippen LogP contribution < -0.4 is 10.6 Å². The molecule has 1 aliphatic heterocycles. The Labute approximate surface area is 133 Å². The Hall–Kier alpha value is -1.10. The second-order valence-corrected chi connectivity index (χ2v) is 5.72. The summed E-state index contributed by atoms with van der Waals surface area (Å²) in [6.45, 7) is 5.61. The zero-order valence-corrected chi connectivity index (χ0v) is 13.7. The molecule has 2 N–H and O–H groups in total. The number of hydrogen-bond donors (Lipinski definition) is 2. The number of hydrogen-bond acceptors (Lipinski definition) is 3. The van der Waals surface area contributed by atoms with Crippen LogP contribution in [0.5, 0.6) is 0 Å². The highest BCUT2D eigenvalue weighted by Crippen LogP contribution is 2.16. The van der Waals surface area contributed by atoms with Crippen molar-refractivity contribution in [3.63, 3.8) is 0 Å². The number of carbonyl (C=O) groups is 1. The van der Waals surface area contributed by atoms with Crippen LogP contribution in [0.4, 0.5) is 5.69 Å². The highest BCUT2D eigenvalue weighted by atomic mass is 35.5. The van der Waals surface area contributed by atoms with Gasteiger partial charge in [-0.25, -0.2) is 0 Å². The molecule has 4 nitrogen and oxygen atoms in total. The minimum atomic E-state index is 0. The van der Waals surface area contributed by atoms with Crippen LogP contribution in [0.25, 0.3) is 0 Å². The molecule has 1 aliphatic rings. The van der Waals surface area contributed by atoms with Gasteiger partial charge in [-0.05, 0) is 63.5 Å². The van der Waals surface area contributed by atoms with Gasteiger partial charge in [0.1, 0.15) is 0 Å². The number of halogens is 1. The molecule has 5 heteroatoms. The van der Waals surface area contributed by atoms with Crippen molar-refractivity contribution in [1.82, 2.24) is 10.2 Å². The monoisotopic (exact) mass is 311 g/mol. The standard InChI is InChI=1S/C16H25N3O.ClH/c1-13-5-3-7-15(9-13)18-16(20)12-19-8-4-6-14(11-19)10-17-2;/h3,5,7,9,14,17H,4,6,8,10-12H2,1-2H3,(H,18,20);1H. The van der Waals surface area contributed by atoms with Crippen molar-refractivity contribution in [2.45, 2.75) is 19.8 Å². The smallest absolute Gasteiger partial charge is 0.238 e. The van der Waals surface area contributed by atoms with E-state index in [2.05, 4.69) is 15.5 Å². The highest BCUT2D eigenvalue weighted by Gasteiger charge is 2.20. The Balaban J connectivity index is 0.00000220. The fourth-order valence-electron chi connectivity index (χ4n) is 2.88.